The van der Waals surface area contributed by atoms with Gasteiger partial charge in [0.2, 0.25) is 5.91 Å². The average Bonchev–Trinajstić information content (AvgIpc) is 2.61. The first-order chi connectivity index (χ1) is 10.8. The van der Waals surface area contributed by atoms with E-state index in [1.54, 1.807) is 0 Å². The van der Waals surface area contributed by atoms with E-state index in [-0.39, 0.29) is 12.0 Å². The molecule has 2 aliphatic rings. The summed E-state index contributed by atoms with van der Waals surface area (Å²) in [7, 11) is 0. The molecule has 0 radical (unpaired) electrons. The zero-order chi connectivity index (χ0) is 15.2. The van der Waals surface area contributed by atoms with Gasteiger partial charge in [-0.25, -0.2) is 0 Å². The maximum absolute atomic E-state index is 12.6. The molecule has 22 heavy (non-hydrogen) atoms. The van der Waals surface area contributed by atoms with Crippen LogP contribution in [-0.4, -0.2) is 49.8 Å². The minimum absolute atomic E-state index is 0.154. The van der Waals surface area contributed by atoms with Crippen LogP contribution in [0.15, 0.2) is 30.3 Å². The van der Waals surface area contributed by atoms with Crippen LogP contribution in [-0.2, 0) is 20.7 Å². The van der Waals surface area contributed by atoms with Gasteiger partial charge in [-0.3, -0.25) is 4.79 Å². The molecule has 2 fully saturated rings. The maximum Gasteiger partial charge on any atom is 0.226 e. The zero-order valence-corrected chi connectivity index (χ0v) is 13.1. The summed E-state index contributed by atoms with van der Waals surface area (Å²) in [5, 5.41) is 0. The number of nitrogens with zero attached hydrogens (tertiary/aromatic N) is 1. The number of rotatable bonds is 4. The minimum Gasteiger partial charge on any atom is -0.381 e. The molecule has 2 saturated heterocycles. The van der Waals surface area contributed by atoms with Crippen molar-refractivity contribution in [1.29, 1.82) is 0 Å². The number of carbonyl (C=O) groups is 1. The lowest BCUT2D eigenvalue weighted by atomic mass is 9.98. The second kappa shape index (κ2) is 7.75. The highest BCUT2D eigenvalue weighted by Gasteiger charge is 2.30. The number of hydrogen-bond acceptors (Lipinski definition) is 3. The number of aryl methyl sites for hydroxylation is 1. The van der Waals surface area contributed by atoms with Gasteiger partial charge >= 0.3 is 0 Å². The van der Waals surface area contributed by atoms with Crippen molar-refractivity contribution in [3.05, 3.63) is 35.9 Å². The van der Waals surface area contributed by atoms with Crippen LogP contribution in [0.25, 0.3) is 0 Å². The SMILES string of the molecule is O=C(C1CCOCC1)N1CCOC(CCc2ccccc2)C1. The number of ether oxygens (including phenoxy) is 2. The van der Waals surface area contributed by atoms with E-state index in [4.69, 9.17) is 9.47 Å². The predicted octanol–water partition coefficient (Wildman–Crippen LogP) is 2.27. The van der Waals surface area contributed by atoms with Gasteiger partial charge in [0.25, 0.3) is 0 Å². The van der Waals surface area contributed by atoms with E-state index < -0.39 is 0 Å². The number of amides is 1. The van der Waals surface area contributed by atoms with Crippen molar-refractivity contribution in [2.24, 2.45) is 5.92 Å². The highest BCUT2D eigenvalue weighted by molar-refractivity contribution is 5.79. The second-order valence-electron chi connectivity index (χ2n) is 6.19. The van der Waals surface area contributed by atoms with E-state index in [9.17, 15) is 4.79 Å². The van der Waals surface area contributed by atoms with Crippen molar-refractivity contribution in [2.75, 3.05) is 32.9 Å². The summed E-state index contributed by atoms with van der Waals surface area (Å²) >= 11 is 0. The van der Waals surface area contributed by atoms with Gasteiger partial charge < -0.3 is 14.4 Å². The smallest absolute Gasteiger partial charge is 0.226 e. The fraction of sp³-hybridized carbons (Fsp3) is 0.611. The molecule has 2 heterocycles. The highest BCUT2D eigenvalue weighted by atomic mass is 16.5. The fourth-order valence-corrected chi connectivity index (χ4v) is 3.27. The summed E-state index contributed by atoms with van der Waals surface area (Å²) in [5.74, 6) is 0.456. The fourth-order valence-electron chi connectivity index (χ4n) is 3.27. The molecule has 0 bridgehead atoms. The molecule has 2 aliphatic heterocycles. The molecule has 0 aliphatic carbocycles. The van der Waals surface area contributed by atoms with Gasteiger partial charge in [-0.1, -0.05) is 30.3 Å². The van der Waals surface area contributed by atoms with Crippen molar-refractivity contribution >= 4 is 5.91 Å². The Morgan fingerprint density at radius 1 is 1.14 bits per heavy atom. The first-order valence-corrected chi connectivity index (χ1v) is 8.35. The van der Waals surface area contributed by atoms with E-state index in [1.807, 2.05) is 11.0 Å². The van der Waals surface area contributed by atoms with E-state index in [2.05, 4.69) is 24.3 Å². The zero-order valence-electron chi connectivity index (χ0n) is 13.1. The monoisotopic (exact) mass is 303 g/mol. The Balaban J connectivity index is 1.49. The molecule has 0 saturated carbocycles. The summed E-state index contributed by atoms with van der Waals surface area (Å²) in [6.07, 6.45) is 3.88. The molecule has 1 atom stereocenters. The Kier molecular flexibility index (Phi) is 5.46. The molecule has 0 spiro atoms. The topological polar surface area (TPSA) is 38.8 Å². The summed E-state index contributed by atoms with van der Waals surface area (Å²) in [6, 6.07) is 10.5. The maximum atomic E-state index is 12.6. The van der Waals surface area contributed by atoms with E-state index in [0.717, 1.165) is 52.0 Å². The van der Waals surface area contributed by atoms with Gasteiger partial charge in [0.05, 0.1) is 12.7 Å². The van der Waals surface area contributed by atoms with Crippen LogP contribution in [0.2, 0.25) is 0 Å². The molecule has 4 heteroatoms. The molecule has 0 aromatic heterocycles. The van der Waals surface area contributed by atoms with Crippen molar-refractivity contribution < 1.29 is 14.3 Å². The number of hydrogen-bond donors (Lipinski definition) is 0. The standard InChI is InChI=1S/C18H25NO3/c20-18(16-8-11-21-12-9-16)19-10-13-22-17(14-19)7-6-15-4-2-1-3-5-15/h1-5,16-17H,6-14H2. The Hall–Kier alpha value is -1.39. The van der Waals surface area contributed by atoms with Crippen molar-refractivity contribution in [3.8, 4) is 0 Å². The Morgan fingerprint density at radius 3 is 2.68 bits per heavy atom. The first kappa shape index (κ1) is 15.5. The van der Waals surface area contributed by atoms with Gasteiger partial charge in [-0.05, 0) is 31.2 Å². The quantitative estimate of drug-likeness (QED) is 0.856. The van der Waals surface area contributed by atoms with Crippen LogP contribution < -0.4 is 0 Å². The molecule has 1 aromatic carbocycles. The molecule has 4 nitrogen and oxygen atoms in total. The van der Waals surface area contributed by atoms with E-state index >= 15 is 0 Å². The van der Waals surface area contributed by atoms with Gasteiger partial charge in [-0.15, -0.1) is 0 Å². The van der Waals surface area contributed by atoms with E-state index in [0.29, 0.717) is 12.5 Å². The Bertz CT molecular complexity index is 470. The Morgan fingerprint density at radius 2 is 1.91 bits per heavy atom. The molecule has 0 N–H and O–H groups in total. The number of morpholine rings is 1. The summed E-state index contributed by atoms with van der Waals surface area (Å²) in [5.41, 5.74) is 1.33. The number of benzene rings is 1. The predicted molar refractivity (Wildman–Crippen MR) is 84.6 cm³/mol. The molecule has 1 aromatic rings. The van der Waals surface area contributed by atoms with Crippen molar-refractivity contribution in [2.45, 2.75) is 31.8 Å². The second-order valence-corrected chi connectivity index (χ2v) is 6.19. The third kappa shape index (κ3) is 4.08. The van der Waals surface area contributed by atoms with Gasteiger partial charge in [0, 0.05) is 32.2 Å². The normalized spacial score (nSPS) is 23.5. The molecule has 1 amide bonds. The van der Waals surface area contributed by atoms with E-state index in [1.165, 1.54) is 5.56 Å². The summed E-state index contributed by atoms with van der Waals surface area (Å²) in [6.45, 7) is 3.58. The molecular formula is C18H25NO3. The average molecular weight is 303 g/mol. The lowest BCUT2D eigenvalue weighted by molar-refractivity contribution is -0.146. The Labute approximate surface area is 132 Å². The summed E-state index contributed by atoms with van der Waals surface area (Å²) < 4.78 is 11.2. The third-order valence-corrected chi connectivity index (χ3v) is 4.62. The first-order valence-electron chi connectivity index (χ1n) is 8.35. The van der Waals surface area contributed by atoms with Gasteiger partial charge in [0.15, 0.2) is 0 Å². The molecule has 1 unspecified atom stereocenters. The third-order valence-electron chi connectivity index (χ3n) is 4.62. The molecule has 3 rings (SSSR count). The van der Waals surface area contributed by atoms with Crippen LogP contribution in [0.1, 0.15) is 24.8 Å². The van der Waals surface area contributed by atoms with Crippen LogP contribution in [0.4, 0.5) is 0 Å². The number of carbonyl (C=O) groups excluding carboxylic acids is 1. The van der Waals surface area contributed by atoms with Crippen LogP contribution in [0, 0.1) is 5.92 Å². The highest BCUT2D eigenvalue weighted by Crippen LogP contribution is 2.20. The lowest BCUT2D eigenvalue weighted by Crippen LogP contribution is -2.48. The molecule has 120 valence electrons. The van der Waals surface area contributed by atoms with Crippen molar-refractivity contribution in [3.63, 3.8) is 0 Å². The van der Waals surface area contributed by atoms with Crippen LogP contribution >= 0.6 is 0 Å². The largest absolute Gasteiger partial charge is 0.381 e. The van der Waals surface area contributed by atoms with Crippen LogP contribution in [0.3, 0.4) is 0 Å². The van der Waals surface area contributed by atoms with Gasteiger partial charge in [0.1, 0.15) is 0 Å². The molecular weight excluding hydrogens is 278 g/mol. The van der Waals surface area contributed by atoms with Crippen molar-refractivity contribution in [1.82, 2.24) is 4.90 Å². The van der Waals surface area contributed by atoms with Gasteiger partial charge in [-0.2, -0.15) is 0 Å². The lowest BCUT2D eigenvalue weighted by Gasteiger charge is -2.36. The van der Waals surface area contributed by atoms with Crippen LogP contribution in [0.5, 0.6) is 0 Å². The minimum atomic E-state index is 0.154. The summed E-state index contributed by atoms with van der Waals surface area (Å²) in [4.78, 5) is 14.6.